The van der Waals surface area contributed by atoms with Gasteiger partial charge in [0.15, 0.2) is 0 Å². The Morgan fingerprint density at radius 1 is 1.21 bits per heavy atom. The number of rotatable bonds is 4. The van der Waals surface area contributed by atoms with E-state index in [-0.39, 0.29) is 23.8 Å². The van der Waals surface area contributed by atoms with Crippen LogP contribution in [0.3, 0.4) is 0 Å². The first-order chi connectivity index (χ1) is 13.6. The van der Waals surface area contributed by atoms with Gasteiger partial charge in [-0.05, 0) is 43.2 Å². The molecular weight excluding hydrogens is 366 g/mol. The van der Waals surface area contributed by atoms with Crippen LogP contribution in [0.4, 0.5) is 8.78 Å². The maximum absolute atomic E-state index is 13.8. The van der Waals surface area contributed by atoms with Crippen molar-refractivity contribution in [1.82, 2.24) is 20.1 Å². The second-order valence-corrected chi connectivity index (χ2v) is 6.75. The highest BCUT2D eigenvalue weighted by molar-refractivity contribution is 5.79. The van der Waals surface area contributed by atoms with Crippen LogP contribution in [0.2, 0.25) is 0 Å². The maximum Gasteiger partial charge on any atom is 0.266 e. The van der Waals surface area contributed by atoms with E-state index in [4.69, 9.17) is 4.42 Å². The average Bonchev–Trinajstić information content (AvgIpc) is 3.22. The fourth-order valence-corrected chi connectivity index (χ4v) is 3.35. The number of aromatic nitrogens is 3. The summed E-state index contributed by atoms with van der Waals surface area (Å²) < 4.78 is 32.9. The number of carbonyl (C=O) groups excluding carboxylic acids is 1. The summed E-state index contributed by atoms with van der Waals surface area (Å²) in [7, 11) is 0. The molecule has 0 N–H and O–H groups in total. The zero-order valence-electron chi connectivity index (χ0n) is 15.0. The number of carbonyl (C=O) groups is 1. The topological polar surface area (TPSA) is 72.1 Å². The van der Waals surface area contributed by atoms with Crippen LogP contribution in [0.5, 0.6) is 0 Å². The largest absolute Gasteiger partial charge is 0.419 e. The van der Waals surface area contributed by atoms with E-state index in [1.54, 1.807) is 23.2 Å². The molecule has 6 nitrogen and oxygen atoms in total. The summed E-state index contributed by atoms with van der Waals surface area (Å²) in [6.07, 6.45) is 3.04. The van der Waals surface area contributed by atoms with Crippen LogP contribution in [0, 0.1) is 11.6 Å². The molecule has 0 saturated carbocycles. The molecule has 1 fully saturated rings. The van der Waals surface area contributed by atoms with Crippen LogP contribution in [-0.4, -0.2) is 39.1 Å². The highest BCUT2D eigenvalue weighted by Crippen LogP contribution is 2.28. The van der Waals surface area contributed by atoms with Gasteiger partial charge in [0, 0.05) is 24.8 Å². The third-order valence-electron chi connectivity index (χ3n) is 4.80. The minimum Gasteiger partial charge on any atom is -0.419 e. The van der Waals surface area contributed by atoms with Crippen molar-refractivity contribution < 1.29 is 18.0 Å². The molecule has 1 aliphatic rings. The number of nitrogens with zero attached hydrogens (tertiary/aromatic N) is 4. The Kier molecular flexibility index (Phi) is 5.10. The average molecular weight is 384 g/mol. The molecule has 3 aromatic rings. The molecule has 0 radical (unpaired) electrons. The molecule has 1 aliphatic heterocycles. The Morgan fingerprint density at radius 3 is 2.93 bits per heavy atom. The third-order valence-corrected chi connectivity index (χ3v) is 4.80. The number of pyridine rings is 1. The first-order valence-corrected chi connectivity index (χ1v) is 9.06. The number of likely N-dealkylation sites (tertiary alicyclic amines) is 1. The van der Waals surface area contributed by atoms with Gasteiger partial charge in [-0.3, -0.25) is 9.78 Å². The molecule has 0 spiro atoms. The molecule has 1 atom stereocenters. The summed E-state index contributed by atoms with van der Waals surface area (Å²) in [6.45, 7) is 0.965. The number of halogens is 2. The van der Waals surface area contributed by atoms with E-state index in [9.17, 15) is 13.6 Å². The summed E-state index contributed by atoms with van der Waals surface area (Å²) in [5, 5.41) is 8.16. The smallest absolute Gasteiger partial charge is 0.266 e. The van der Waals surface area contributed by atoms with Crippen molar-refractivity contribution in [2.45, 2.75) is 25.2 Å². The lowest BCUT2D eigenvalue weighted by Gasteiger charge is -2.31. The van der Waals surface area contributed by atoms with Crippen LogP contribution in [-0.2, 0) is 11.2 Å². The normalized spacial score (nSPS) is 16.9. The molecule has 2 aromatic heterocycles. The molecule has 1 saturated heterocycles. The lowest BCUT2D eigenvalue weighted by Crippen LogP contribution is -2.40. The van der Waals surface area contributed by atoms with Crippen molar-refractivity contribution in [3.8, 4) is 11.6 Å². The van der Waals surface area contributed by atoms with E-state index in [2.05, 4.69) is 15.2 Å². The Morgan fingerprint density at radius 2 is 2.11 bits per heavy atom. The van der Waals surface area contributed by atoms with Gasteiger partial charge in [0.25, 0.3) is 5.89 Å². The predicted octanol–water partition coefficient (Wildman–Crippen LogP) is 3.36. The Hall–Kier alpha value is -3.16. The molecule has 28 heavy (non-hydrogen) atoms. The number of hydrogen-bond donors (Lipinski definition) is 0. The zero-order chi connectivity index (χ0) is 19.5. The molecule has 0 aliphatic carbocycles. The quantitative estimate of drug-likeness (QED) is 0.690. The van der Waals surface area contributed by atoms with Crippen LogP contribution >= 0.6 is 0 Å². The SMILES string of the molecule is O=C(Cc1cc(F)ccc1F)N1CCC[C@@H](c2nnc(-c3ccccn3)o2)C1. The molecular formula is C20H18F2N4O2. The summed E-state index contributed by atoms with van der Waals surface area (Å²) >= 11 is 0. The number of piperidine rings is 1. The maximum atomic E-state index is 13.8. The molecule has 1 amide bonds. The van der Waals surface area contributed by atoms with E-state index >= 15 is 0 Å². The predicted molar refractivity (Wildman–Crippen MR) is 96.1 cm³/mol. The second-order valence-electron chi connectivity index (χ2n) is 6.75. The Balaban J connectivity index is 1.45. The lowest BCUT2D eigenvalue weighted by atomic mass is 9.97. The highest BCUT2D eigenvalue weighted by Gasteiger charge is 2.29. The monoisotopic (exact) mass is 384 g/mol. The molecule has 3 heterocycles. The van der Waals surface area contributed by atoms with E-state index in [1.165, 1.54) is 0 Å². The van der Waals surface area contributed by atoms with Gasteiger partial charge in [-0.2, -0.15) is 0 Å². The van der Waals surface area contributed by atoms with Gasteiger partial charge in [0.05, 0.1) is 12.3 Å². The molecule has 8 heteroatoms. The molecule has 0 unspecified atom stereocenters. The minimum atomic E-state index is -0.583. The summed E-state index contributed by atoms with van der Waals surface area (Å²) in [5.41, 5.74) is 0.647. The van der Waals surface area contributed by atoms with Crippen LogP contribution in [0.25, 0.3) is 11.6 Å². The third kappa shape index (κ3) is 3.90. The van der Waals surface area contributed by atoms with E-state index in [0.717, 1.165) is 31.0 Å². The Labute approximate surface area is 160 Å². The zero-order valence-corrected chi connectivity index (χ0v) is 15.0. The van der Waals surface area contributed by atoms with Crippen molar-refractivity contribution >= 4 is 5.91 Å². The first-order valence-electron chi connectivity index (χ1n) is 9.06. The van der Waals surface area contributed by atoms with Gasteiger partial charge in [-0.25, -0.2) is 8.78 Å². The second kappa shape index (κ2) is 7.84. The van der Waals surface area contributed by atoms with Crippen molar-refractivity contribution in [2.75, 3.05) is 13.1 Å². The fraction of sp³-hybridized carbons (Fsp3) is 0.300. The van der Waals surface area contributed by atoms with Gasteiger partial charge >= 0.3 is 0 Å². The molecule has 1 aromatic carbocycles. The number of hydrogen-bond acceptors (Lipinski definition) is 5. The number of benzene rings is 1. The van der Waals surface area contributed by atoms with Crippen molar-refractivity contribution in [3.05, 3.63) is 65.7 Å². The lowest BCUT2D eigenvalue weighted by molar-refractivity contribution is -0.131. The summed E-state index contributed by atoms with van der Waals surface area (Å²) in [6, 6.07) is 8.54. The standard InChI is InChI=1S/C20H18F2N4O2/c21-15-6-7-16(22)14(10-15)11-18(27)26-9-3-4-13(12-26)19-24-25-20(28-19)17-5-1-2-8-23-17/h1-2,5-8,10,13H,3-4,9,11-12H2/t13-/m1/s1. The van der Waals surface area contributed by atoms with E-state index in [1.807, 2.05) is 6.07 Å². The number of amides is 1. The van der Waals surface area contributed by atoms with Crippen LogP contribution in [0.15, 0.2) is 47.0 Å². The van der Waals surface area contributed by atoms with Gasteiger partial charge in [-0.1, -0.05) is 6.07 Å². The van der Waals surface area contributed by atoms with Gasteiger partial charge in [0.1, 0.15) is 17.3 Å². The Bertz CT molecular complexity index is 977. The van der Waals surface area contributed by atoms with Crippen molar-refractivity contribution in [2.24, 2.45) is 0 Å². The molecule has 0 bridgehead atoms. The molecule has 144 valence electrons. The van der Waals surface area contributed by atoms with Crippen LogP contribution in [0.1, 0.15) is 30.2 Å². The summed E-state index contributed by atoms with van der Waals surface area (Å²) in [4.78, 5) is 18.4. The van der Waals surface area contributed by atoms with Crippen LogP contribution < -0.4 is 0 Å². The van der Waals surface area contributed by atoms with Gasteiger partial charge < -0.3 is 9.32 Å². The molecule has 4 rings (SSSR count). The van der Waals surface area contributed by atoms with Gasteiger partial charge in [-0.15, -0.1) is 10.2 Å². The minimum absolute atomic E-state index is 0.0577. The summed E-state index contributed by atoms with van der Waals surface area (Å²) in [5.74, 6) is -0.705. The first kappa shape index (κ1) is 18.2. The van der Waals surface area contributed by atoms with E-state index < -0.39 is 11.6 Å². The fourth-order valence-electron chi connectivity index (χ4n) is 3.35. The van der Waals surface area contributed by atoms with Crippen molar-refractivity contribution in [1.29, 1.82) is 0 Å². The van der Waals surface area contributed by atoms with Crippen molar-refractivity contribution in [3.63, 3.8) is 0 Å². The van der Waals surface area contributed by atoms with E-state index in [0.29, 0.717) is 30.6 Å². The highest BCUT2D eigenvalue weighted by atomic mass is 19.1. The van der Waals surface area contributed by atoms with Gasteiger partial charge in [0.2, 0.25) is 11.8 Å².